The van der Waals surface area contributed by atoms with Gasteiger partial charge in [-0.05, 0) is 41.8 Å². The van der Waals surface area contributed by atoms with E-state index in [1.54, 1.807) is 0 Å². The van der Waals surface area contributed by atoms with Crippen molar-refractivity contribution < 1.29 is 0 Å². The van der Waals surface area contributed by atoms with E-state index in [0.29, 0.717) is 0 Å². The molecule has 158 valence electrons. The number of hydrogen-bond donors (Lipinski definition) is 0. The van der Waals surface area contributed by atoms with Crippen LogP contribution in [0.2, 0.25) is 0 Å². The van der Waals surface area contributed by atoms with E-state index in [-0.39, 0.29) is 0 Å². The zero-order valence-electron chi connectivity index (χ0n) is 18.2. The maximum atomic E-state index is 5.14. The number of para-hydroxylation sites is 3. The van der Waals surface area contributed by atoms with Crippen molar-refractivity contribution in [3.05, 3.63) is 109 Å². The van der Waals surface area contributed by atoms with Crippen LogP contribution >= 0.6 is 0 Å². The number of benzene rings is 4. The molecule has 4 heterocycles. The molecule has 4 heteroatoms. The van der Waals surface area contributed by atoms with Crippen molar-refractivity contribution in [2.45, 2.75) is 0 Å². The molecule has 0 radical (unpaired) electrons. The molecule has 8 aromatic rings. The predicted molar refractivity (Wildman–Crippen MR) is 140 cm³/mol. The summed E-state index contributed by atoms with van der Waals surface area (Å²) in [5, 5.41) is 6.01. The van der Waals surface area contributed by atoms with Crippen LogP contribution in [0.3, 0.4) is 0 Å². The first-order chi connectivity index (χ1) is 16.9. The van der Waals surface area contributed by atoms with Crippen LogP contribution in [-0.2, 0) is 0 Å². The lowest BCUT2D eigenvalue weighted by atomic mass is 10.0. The van der Waals surface area contributed by atoms with E-state index in [1.807, 2.05) is 18.3 Å². The Bertz CT molecular complexity index is 2060. The third kappa shape index (κ3) is 2.17. The van der Waals surface area contributed by atoms with E-state index < -0.39 is 0 Å². The van der Waals surface area contributed by atoms with Gasteiger partial charge >= 0.3 is 0 Å². The minimum atomic E-state index is 0.884. The van der Waals surface area contributed by atoms with Gasteiger partial charge in [-0.1, -0.05) is 66.7 Å². The van der Waals surface area contributed by atoms with Crippen LogP contribution in [0.4, 0.5) is 0 Å². The lowest BCUT2D eigenvalue weighted by Gasteiger charge is -2.13. The van der Waals surface area contributed by atoms with E-state index in [4.69, 9.17) is 9.97 Å². The van der Waals surface area contributed by atoms with Gasteiger partial charge in [0.05, 0.1) is 21.9 Å². The molecule has 0 aliphatic rings. The quantitative estimate of drug-likeness (QED) is 0.254. The Balaban J connectivity index is 1.76. The van der Waals surface area contributed by atoms with E-state index in [9.17, 15) is 0 Å². The van der Waals surface area contributed by atoms with Crippen LogP contribution < -0.4 is 0 Å². The van der Waals surface area contributed by atoms with E-state index in [2.05, 4.69) is 100.0 Å². The summed E-state index contributed by atoms with van der Waals surface area (Å²) in [6, 6.07) is 36.3. The zero-order valence-corrected chi connectivity index (χ0v) is 18.2. The Morgan fingerprint density at radius 3 is 2.09 bits per heavy atom. The summed E-state index contributed by atoms with van der Waals surface area (Å²) in [6.45, 7) is 0. The van der Waals surface area contributed by atoms with Gasteiger partial charge in [-0.15, -0.1) is 0 Å². The first-order valence-corrected chi connectivity index (χ1v) is 11.5. The Morgan fingerprint density at radius 1 is 0.529 bits per heavy atom. The average molecular weight is 435 g/mol. The van der Waals surface area contributed by atoms with Crippen LogP contribution in [0.15, 0.2) is 109 Å². The van der Waals surface area contributed by atoms with Crippen LogP contribution in [-0.4, -0.2) is 18.9 Å². The molecule has 0 spiro atoms. The predicted octanol–water partition coefficient (Wildman–Crippen LogP) is 7.29. The van der Waals surface area contributed by atoms with Gasteiger partial charge in [0, 0.05) is 28.0 Å². The molecule has 4 nitrogen and oxygen atoms in total. The molecule has 0 aliphatic heterocycles. The van der Waals surface area contributed by atoms with Crippen LogP contribution in [0.5, 0.6) is 0 Å². The second kappa shape index (κ2) is 6.42. The van der Waals surface area contributed by atoms with Crippen LogP contribution in [0, 0.1) is 0 Å². The van der Waals surface area contributed by atoms with Crippen molar-refractivity contribution in [1.29, 1.82) is 0 Å². The molecular weight excluding hydrogens is 416 g/mol. The number of imidazole rings is 1. The highest BCUT2D eigenvalue weighted by Crippen LogP contribution is 2.41. The van der Waals surface area contributed by atoms with Gasteiger partial charge in [-0.2, -0.15) is 0 Å². The van der Waals surface area contributed by atoms with E-state index >= 15 is 0 Å². The fourth-order valence-electron chi connectivity index (χ4n) is 5.56. The third-order valence-corrected chi connectivity index (χ3v) is 6.93. The fourth-order valence-corrected chi connectivity index (χ4v) is 5.56. The molecular formula is C30H18N4. The van der Waals surface area contributed by atoms with Crippen molar-refractivity contribution in [2.24, 2.45) is 0 Å². The van der Waals surface area contributed by atoms with Gasteiger partial charge in [-0.3, -0.25) is 4.40 Å². The van der Waals surface area contributed by atoms with Crippen molar-refractivity contribution in [3.63, 3.8) is 0 Å². The highest BCUT2D eigenvalue weighted by molar-refractivity contribution is 6.27. The number of nitrogens with zero attached hydrogens (tertiary/aromatic N) is 4. The molecule has 0 aliphatic carbocycles. The minimum absolute atomic E-state index is 0.884. The maximum Gasteiger partial charge on any atom is 0.164 e. The molecule has 0 atom stereocenters. The molecule has 34 heavy (non-hydrogen) atoms. The molecule has 0 unspecified atom stereocenters. The number of aromatic nitrogens is 4. The van der Waals surface area contributed by atoms with Gasteiger partial charge in [0.2, 0.25) is 0 Å². The second-order valence-corrected chi connectivity index (χ2v) is 8.71. The van der Waals surface area contributed by atoms with Gasteiger partial charge in [0.1, 0.15) is 11.2 Å². The zero-order chi connectivity index (χ0) is 22.2. The van der Waals surface area contributed by atoms with Crippen LogP contribution in [0.1, 0.15) is 0 Å². The summed E-state index contributed by atoms with van der Waals surface area (Å²) in [5.41, 5.74) is 7.35. The number of rotatable bonds is 1. The first-order valence-electron chi connectivity index (χ1n) is 11.5. The number of fused-ring (bicyclic) bond motifs is 12. The van der Waals surface area contributed by atoms with Gasteiger partial charge < -0.3 is 4.57 Å². The molecule has 0 amide bonds. The number of pyridine rings is 2. The molecule has 8 rings (SSSR count). The largest absolute Gasteiger partial charge is 0.308 e. The molecule has 0 bridgehead atoms. The summed E-state index contributed by atoms with van der Waals surface area (Å²) in [6.07, 6.45) is 1.84. The van der Waals surface area contributed by atoms with Crippen molar-refractivity contribution in [2.75, 3.05) is 0 Å². The third-order valence-electron chi connectivity index (χ3n) is 6.93. The van der Waals surface area contributed by atoms with Crippen LogP contribution in [0.25, 0.3) is 66.0 Å². The molecule has 4 aromatic carbocycles. The van der Waals surface area contributed by atoms with Crippen molar-refractivity contribution in [3.8, 4) is 5.69 Å². The summed E-state index contributed by atoms with van der Waals surface area (Å²) in [7, 11) is 0. The molecule has 0 N–H and O–H groups in total. The Kier molecular flexibility index (Phi) is 3.36. The topological polar surface area (TPSA) is 35.1 Å². The Morgan fingerprint density at radius 2 is 1.24 bits per heavy atom. The first kappa shape index (κ1) is 17.8. The van der Waals surface area contributed by atoms with E-state index in [1.165, 1.54) is 32.6 Å². The second-order valence-electron chi connectivity index (χ2n) is 8.71. The molecule has 0 saturated carbocycles. The molecule has 4 aromatic heterocycles. The van der Waals surface area contributed by atoms with E-state index in [0.717, 1.165) is 33.4 Å². The molecule has 0 fully saturated rings. The van der Waals surface area contributed by atoms with Gasteiger partial charge in [0.25, 0.3) is 0 Å². The highest BCUT2D eigenvalue weighted by atomic mass is 15.1. The van der Waals surface area contributed by atoms with Gasteiger partial charge in [-0.25, -0.2) is 9.97 Å². The number of hydrogen-bond acceptors (Lipinski definition) is 2. The summed E-state index contributed by atoms with van der Waals surface area (Å²) in [4.78, 5) is 9.86. The summed E-state index contributed by atoms with van der Waals surface area (Å²) in [5.74, 6) is 0. The Labute approximate surface area is 194 Å². The lowest BCUT2D eigenvalue weighted by Crippen LogP contribution is -1.97. The van der Waals surface area contributed by atoms with Crippen molar-refractivity contribution >= 4 is 60.3 Å². The van der Waals surface area contributed by atoms with Crippen molar-refractivity contribution in [1.82, 2.24) is 18.9 Å². The smallest absolute Gasteiger partial charge is 0.164 e. The fraction of sp³-hybridized carbons (Fsp3) is 0. The Hall–Kier alpha value is -4.70. The normalized spacial score (nSPS) is 12.1. The highest BCUT2D eigenvalue weighted by Gasteiger charge is 2.20. The summed E-state index contributed by atoms with van der Waals surface area (Å²) >= 11 is 0. The standard InChI is InChI=1S/C30H18N4/c1-2-9-19(10-3-1)33-25-14-6-5-12-21(25)23-17-16-22-20-11-4-7-15-26(20)34-29-24(13-8-18-31-29)32-30(34)27(22)28(23)33/h1-18H. The minimum Gasteiger partial charge on any atom is -0.308 e. The molecule has 0 saturated heterocycles. The summed E-state index contributed by atoms with van der Waals surface area (Å²) < 4.78 is 4.61. The lowest BCUT2D eigenvalue weighted by molar-refractivity contribution is 1.18. The average Bonchev–Trinajstić information content (AvgIpc) is 3.45. The monoisotopic (exact) mass is 434 g/mol. The van der Waals surface area contributed by atoms with Gasteiger partial charge in [0.15, 0.2) is 5.65 Å². The maximum absolute atomic E-state index is 5.14. The SMILES string of the molecule is c1ccc(-n2c3ccccc3c3ccc4c5ccccc5n5c6ncccc6nc5c4c32)cc1.